The van der Waals surface area contributed by atoms with Gasteiger partial charge in [0.25, 0.3) is 29.5 Å². The topological polar surface area (TPSA) is 423 Å². The van der Waals surface area contributed by atoms with Crippen molar-refractivity contribution in [3.8, 4) is 22.3 Å². The van der Waals surface area contributed by atoms with E-state index in [1.165, 1.54) is 6.92 Å². The zero-order valence-electron chi connectivity index (χ0n) is 65.9. The van der Waals surface area contributed by atoms with Gasteiger partial charge in [0, 0.05) is 207 Å². The van der Waals surface area contributed by atoms with E-state index in [1.807, 2.05) is 18.2 Å². The second-order valence-corrected chi connectivity index (χ2v) is 26.5. The molecule has 0 bridgehead atoms. The van der Waals surface area contributed by atoms with Crippen molar-refractivity contribution < 1.29 is 119 Å². The molecule has 7 N–H and O–H groups in total. The second kappa shape index (κ2) is 52.1. The first-order valence-electron chi connectivity index (χ1n) is 38.4. The number of benzene rings is 4. The molecule has 4 aromatic carbocycles. The molecule has 114 heavy (non-hydrogen) atoms. The number of amides is 11. The molecule has 2 atom stereocenters. The summed E-state index contributed by atoms with van der Waals surface area (Å²) >= 11 is 0. The van der Waals surface area contributed by atoms with E-state index in [9.17, 15) is 62.3 Å². The minimum absolute atomic E-state index is 0.0471. The third kappa shape index (κ3) is 32.3. The predicted molar refractivity (Wildman–Crippen MR) is 414 cm³/mol. The fourth-order valence-corrected chi connectivity index (χ4v) is 12.2. The maximum absolute atomic E-state index is 13.4. The van der Waals surface area contributed by atoms with Crippen LogP contribution >= 0.6 is 0 Å². The second-order valence-electron chi connectivity index (χ2n) is 26.5. The summed E-state index contributed by atoms with van der Waals surface area (Å²) in [6.45, 7) is 11.2. The Balaban J connectivity index is 0.000000303. The van der Waals surface area contributed by atoms with E-state index < -0.39 is 47.8 Å². The Morgan fingerprint density at radius 3 is 1.12 bits per heavy atom. The number of carbonyl (C=O) groups is 13. The van der Waals surface area contributed by atoms with Gasteiger partial charge in [-0.2, -0.15) is 0 Å². The number of hydrogen-bond acceptors (Lipinski definition) is 25. The van der Waals surface area contributed by atoms with Gasteiger partial charge in [0.05, 0.1) is 26.4 Å². The van der Waals surface area contributed by atoms with Gasteiger partial charge in [-0.3, -0.25) is 62.4 Å². The molecule has 0 aromatic heterocycles. The summed E-state index contributed by atoms with van der Waals surface area (Å²) in [7, 11) is 6.54. The minimum atomic E-state index is -1.23. The lowest BCUT2D eigenvalue weighted by molar-refractivity contribution is -0.177. The number of rotatable bonds is 49. The summed E-state index contributed by atoms with van der Waals surface area (Å²) in [5, 5.41) is 20.5. The molecule has 2 saturated heterocycles. The Morgan fingerprint density at radius 2 is 0.737 bits per heavy atom. The number of fused-ring (bicyclic) bond motifs is 6. The lowest BCUT2D eigenvalue weighted by atomic mass is 9.96. The van der Waals surface area contributed by atoms with Crippen LogP contribution in [-0.4, -0.2) is 235 Å². The Kier molecular flexibility index (Phi) is 42.3. The van der Waals surface area contributed by atoms with Crippen molar-refractivity contribution in [3.63, 3.8) is 0 Å². The summed E-state index contributed by atoms with van der Waals surface area (Å²) in [5.74, 6) is -4.99. The molecule has 0 radical (unpaired) electrons. The van der Waals surface area contributed by atoms with Crippen LogP contribution in [0.3, 0.4) is 0 Å². The highest BCUT2D eigenvalue weighted by atomic mass is 16.8. The van der Waals surface area contributed by atoms with Gasteiger partial charge in [-0.25, -0.2) is 9.59 Å². The summed E-state index contributed by atoms with van der Waals surface area (Å²) in [6, 6.07) is 21.2. The van der Waals surface area contributed by atoms with Gasteiger partial charge in [0.1, 0.15) is 13.2 Å². The Hall–Kier alpha value is -10.3. The summed E-state index contributed by atoms with van der Waals surface area (Å²) in [5.41, 5.74) is 7.82. The van der Waals surface area contributed by atoms with Crippen LogP contribution in [0.2, 0.25) is 0 Å². The Labute approximate surface area is 663 Å². The third-order valence-electron chi connectivity index (χ3n) is 17.7. The first-order chi connectivity index (χ1) is 55.2. The number of carbonyl (C=O) groups excluding carboxylic acids is 13. The third-order valence-corrected chi connectivity index (χ3v) is 17.7. The Bertz CT molecular complexity index is 3820. The molecule has 2 aliphatic heterocycles. The zero-order chi connectivity index (χ0) is 82.4. The molecule has 2 heterocycles. The predicted octanol–water partition coefficient (Wildman–Crippen LogP) is 7.68. The molecule has 34 heteroatoms. The number of unbranched alkanes of at least 4 members (excludes halogenated alkanes) is 1. The monoisotopic (exact) mass is 1600 g/mol. The molecule has 2 aliphatic carbocycles. The molecule has 2 fully saturated rings. The number of methoxy groups -OCH3 is 4. The molecule has 0 saturated carbocycles. The fraction of sp³-hybridized carbons (Fsp3) is 0.537. The van der Waals surface area contributed by atoms with Gasteiger partial charge in [0.2, 0.25) is 35.4 Å². The van der Waals surface area contributed by atoms with Crippen LogP contribution in [0.5, 0.6) is 0 Å². The van der Waals surface area contributed by atoms with Gasteiger partial charge in [0.15, 0.2) is 0 Å². The first-order valence-corrected chi connectivity index (χ1v) is 38.4. The van der Waals surface area contributed by atoms with Crippen LogP contribution in [-0.2, 0) is 105 Å². The van der Waals surface area contributed by atoms with Crippen LogP contribution in [0, 0.1) is 0 Å². The number of nitrogens with zero attached hydrogens (tertiary/aromatic N) is 2. The number of ether oxygens (including phenoxy) is 10. The molecule has 0 spiro atoms. The van der Waals surface area contributed by atoms with Crippen LogP contribution < -0.4 is 37.2 Å². The lowest BCUT2D eigenvalue weighted by Gasteiger charge is -2.17. The van der Waals surface area contributed by atoms with Gasteiger partial charge < -0.3 is 84.6 Å². The number of imide groups is 2. The van der Waals surface area contributed by atoms with E-state index in [0.29, 0.717) is 167 Å². The van der Waals surface area contributed by atoms with E-state index in [2.05, 4.69) is 44.1 Å². The maximum atomic E-state index is 13.4. The number of hydrogen-bond donors (Lipinski definition) is 7. The molecule has 34 nitrogen and oxygen atoms in total. The normalized spacial score (nSPS) is 14.1. The quantitative estimate of drug-likeness (QED) is 0.0127. The van der Waals surface area contributed by atoms with Gasteiger partial charge >= 0.3 is 12.3 Å². The fourth-order valence-electron chi connectivity index (χ4n) is 12.2. The van der Waals surface area contributed by atoms with Crippen molar-refractivity contribution in [3.05, 3.63) is 101 Å². The maximum Gasteiger partial charge on any atom is 0.533 e. The molecule has 8 rings (SSSR count). The highest BCUT2D eigenvalue weighted by Crippen LogP contribution is 2.49. The number of hydroxylamine groups is 4. The van der Waals surface area contributed by atoms with E-state index in [0.717, 1.165) is 67.4 Å². The number of nitrogens with one attached hydrogen (secondary N) is 7. The molecule has 2 unspecified atom stereocenters. The van der Waals surface area contributed by atoms with Gasteiger partial charge in [-0.15, -0.1) is 0 Å². The largest absolute Gasteiger partial charge is 0.533 e. The smallest absolute Gasteiger partial charge is 0.432 e. The molecular weight excluding hydrogens is 1490 g/mol. The van der Waals surface area contributed by atoms with Crippen LogP contribution in [0.1, 0.15) is 167 Å². The first kappa shape index (κ1) is 92.5. The highest BCUT2D eigenvalue weighted by molar-refractivity contribution is 6.05. The summed E-state index contributed by atoms with van der Waals surface area (Å²) in [4.78, 5) is 168. The Morgan fingerprint density at radius 1 is 0.386 bits per heavy atom. The van der Waals surface area contributed by atoms with Crippen molar-refractivity contribution in [1.29, 1.82) is 0 Å². The molecule has 11 amide bonds. The van der Waals surface area contributed by atoms with Crippen LogP contribution in [0.15, 0.2) is 72.8 Å². The van der Waals surface area contributed by atoms with E-state index in [1.54, 1.807) is 83.0 Å². The van der Waals surface area contributed by atoms with E-state index in [-0.39, 0.29) is 112 Å². The van der Waals surface area contributed by atoms with Crippen molar-refractivity contribution in [2.75, 3.05) is 163 Å². The highest BCUT2D eigenvalue weighted by Gasteiger charge is 2.38. The zero-order valence-corrected chi connectivity index (χ0v) is 65.9. The SMILES string of the molecule is CCCCC(=O)NCCOCCCOC.COCCCOCCNC(=O)CCCC(=O)Nc1ccc2c(c1)C(COC(=O)ON1C(=O)CCC1=O)c1cc(NC(C)=O)ccc1-2.COCCCOCCNC(=O)CCCC(=O)Nc1ccc2c(c1)C(COC(=O)ON1C(=O)CCC1=O)c1cccc(C(=O)NCCOCCCOC)c1-2. The van der Waals surface area contributed by atoms with E-state index in [4.69, 9.17) is 57.0 Å². The van der Waals surface area contributed by atoms with Crippen molar-refractivity contribution in [1.82, 2.24) is 31.4 Å². The van der Waals surface area contributed by atoms with Crippen molar-refractivity contribution in [2.45, 2.75) is 135 Å². The summed E-state index contributed by atoms with van der Waals surface area (Å²) < 4.78 is 52.2. The molecular formula is C80H109N9O25. The average Bonchev–Trinajstić information content (AvgIpc) is 1.60. The molecule has 624 valence electrons. The average molecular weight is 1600 g/mol. The van der Waals surface area contributed by atoms with E-state index >= 15 is 0 Å². The lowest BCUT2D eigenvalue weighted by Crippen LogP contribution is -2.32. The molecule has 4 aromatic rings. The summed E-state index contributed by atoms with van der Waals surface area (Å²) in [6.07, 6.45) is 4.47. The molecule has 4 aliphatic rings. The van der Waals surface area contributed by atoms with Crippen molar-refractivity contribution in [2.24, 2.45) is 0 Å². The van der Waals surface area contributed by atoms with Gasteiger partial charge in [-0.05, 0) is 132 Å². The van der Waals surface area contributed by atoms with Gasteiger partial charge in [-0.1, -0.05) is 53.8 Å². The van der Waals surface area contributed by atoms with Crippen LogP contribution in [0.25, 0.3) is 22.3 Å². The standard InChI is InChI=1S/C37H48N4O12.C32H38N4O10.C11H23NO3/c1-48-17-5-19-50-21-15-38-31(42)9-4-10-32(43)40-25-11-12-27-29(23-25)30(24-52-37(47)53-41-33(44)13-14-34(41)45)26-7-3-8-28(35(26)27)36(46)39-16-22-51-20-6-18-49-2;1-20(37)34-21-7-9-23-24-10-8-22(35-29(39)6-3-5-28(38)33-13-16-44-15-4-14-43-2)18-26(24)27(25(23)17-21)19-45-32(42)46-36-30(40)11-12-31(36)41;1-3-4-6-11(13)12-7-10-15-9-5-8-14-2/h3,7-8,11-12,23,30H,4-6,9-10,13-22,24H2,1-2H3,(H,38,42)(H,39,46)(H,40,43);7-10,17-18,27H,3-6,11-16,19H2,1-2H3,(H,33,38)(H,34,37)(H,35,39);3-10H2,1-2H3,(H,12,13). The van der Waals surface area contributed by atoms with Crippen molar-refractivity contribution >= 4 is 94.4 Å². The van der Waals surface area contributed by atoms with Crippen LogP contribution in [0.4, 0.5) is 26.7 Å². The number of anilines is 3. The minimum Gasteiger partial charge on any atom is -0.432 e.